The third-order valence-electron chi connectivity index (χ3n) is 6.31. The van der Waals surface area contributed by atoms with Gasteiger partial charge >= 0.3 is 0 Å². The van der Waals surface area contributed by atoms with Crippen molar-refractivity contribution in [2.75, 3.05) is 26.2 Å². The first-order valence-corrected chi connectivity index (χ1v) is 10.9. The Balaban J connectivity index is 1.39. The van der Waals surface area contributed by atoms with E-state index in [1.54, 1.807) is 0 Å². The second-order valence-electron chi connectivity index (χ2n) is 8.86. The molecular formula is C23H37N3O. The van der Waals surface area contributed by atoms with Gasteiger partial charge in [-0.15, -0.1) is 0 Å². The molecule has 0 saturated carbocycles. The van der Waals surface area contributed by atoms with Crippen LogP contribution < -0.4 is 10.6 Å². The molecule has 0 spiro atoms. The maximum atomic E-state index is 12.3. The Bertz CT molecular complexity index is 580. The van der Waals surface area contributed by atoms with Crippen LogP contribution in [0.3, 0.4) is 0 Å². The van der Waals surface area contributed by atoms with Gasteiger partial charge in [-0.2, -0.15) is 0 Å². The molecule has 4 heteroatoms. The molecule has 3 rings (SSSR count). The van der Waals surface area contributed by atoms with E-state index in [1.807, 2.05) is 0 Å². The van der Waals surface area contributed by atoms with E-state index in [0.29, 0.717) is 24.8 Å². The summed E-state index contributed by atoms with van der Waals surface area (Å²) in [5.41, 5.74) is 2.56. The molecule has 2 aliphatic heterocycles. The van der Waals surface area contributed by atoms with Crippen LogP contribution in [0, 0.1) is 17.8 Å². The third-order valence-corrected chi connectivity index (χ3v) is 6.31. The normalized spacial score (nSPS) is 25.1. The Morgan fingerprint density at radius 2 is 2.00 bits per heavy atom. The minimum atomic E-state index is 0.180. The number of nitrogens with zero attached hydrogens (tertiary/aromatic N) is 1. The van der Waals surface area contributed by atoms with E-state index >= 15 is 0 Å². The lowest BCUT2D eigenvalue weighted by Gasteiger charge is -2.30. The zero-order chi connectivity index (χ0) is 19.1. The number of nitrogens with one attached hydrogen (secondary N) is 2. The zero-order valence-electron chi connectivity index (χ0n) is 17.2. The van der Waals surface area contributed by atoms with Crippen molar-refractivity contribution in [3.63, 3.8) is 0 Å². The van der Waals surface area contributed by atoms with Gasteiger partial charge in [-0.05, 0) is 74.2 Å². The fraction of sp³-hybridized carbons (Fsp3) is 0.696. The van der Waals surface area contributed by atoms with Crippen molar-refractivity contribution in [3.8, 4) is 0 Å². The highest BCUT2D eigenvalue weighted by molar-refractivity contribution is 5.76. The maximum Gasteiger partial charge on any atom is 0.220 e. The lowest BCUT2D eigenvalue weighted by atomic mass is 9.85. The van der Waals surface area contributed by atoms with Crippen LogP contribution in [0.4, 0.5) is 0 Å². The van der Waals surface area contributed by atoms with E-state index in [2.05, 4.69) is 53.6 Å². The molecule has 0 aliphatic carbocycles. The molecule has 27 heavy (non-hydrogen) atoms. The van der Waals surface area contributed by atoms with E-state index in [1.165, 1.54) is 49.9 Å². The number of hydrogen-bond donors (Lipinski definition) is 2. The van der Waals surface area contributed by atoms with Crippen LogP contribution in [0.15, 0.2) is 24.3 Å². The summed E-state index contributed by atoms with van der Waals surface area (Å²) in [5.74, 6) is 2.09. The summed E-state index contributed by atoms with van der Waals surface area (Å²) in [4.78, 5) is 14.9. The second kappa shape index (κ2) is 10.2. The number of rotatable bonds is 7. The minimum Gasteiger partial charge on any atom is -0.352 e. The minimum absolute atomic E-state index is 0.180. The maximum absolute atomic E-state index is 12.3. The lowest BCUT2D eigenvalue weighted by molar-refractivity contribution is -0.122. The van der Waals surface area contributed by atoms with Gasteiger partial charge in [0.25, 0.3) is 0 Å². The molecule has 3 atom stereocenters. The molecule has 0 radical (unpaired) electrons. The van der Waals surface area contributed by atoms with Gasteiger partial charge in [-0.25, -0.2) is 0 Å². The number of piperidine rings is 2. The van der Waals surface area contributed by atoms with Crippen molar-refractivity contribution in [2.24, 2.45) is 17.8 Å². The zero-order valence-corrected chi connectivity index (χ0v) is 17.2. The highest BCUT2D eigenvalue weighted by atomic mass is 16.1. The number of likely N-dealkylation sites (tertiary alicyclic amines) is 1. The van der Waals surface area contributed by atoms with Crippen LogP contribution in [0.1, 0.15) is 57.1 Å². The molecule has 2 N–H and O–H groups in total. The molecule has 1 amide bonds. The summed E-state index contributed by atoms with van der Waals surface area (Å²) in [7, 11) is 0. The summed E-state index contributed by atoms with van der Waals surface area (Å²) in [6.07, 6.45) is 5.81. The molecular weight excluding hydrogens is 334 g/mol. The smallest absolute Gasteiger partial charge is 0.220 e. The summed E-state index contributed by atoms with van der Waals surface area (Å²) >= 11 is 0. The van der Waals surface area contributed by atoms with Gasteiger partial charge in [-0.1, -0.05) is 38.1 Å². The predicted molar refractivity (Wildman–Crippen MR) is 111 cm³/mol. The van der Waals surface area contributed by atoms with Gasteiger partial charge in [0.15, 0.2) is 0 Å². The van der Waals surface area contributed by atoms with Gasteiger partial charge < -0.3 is 10.6 Å². The van der Waals surface area contributed by atoms with Crippen molar-refractivity contribution in [3.05, 3.63) is 35.4 Å². The number of carbonyl (C=O) groups is 1. The number of benzene rings is 1. The van der Waals surface area contributed by atoms with E-state index in [0.717, 1.165) is 25.6 Å². The molecule has 0 bridgehead atoms. The average molecular weight is 372 g/mol. The van der Waals surface area contributed by atoms with Crippen LogP contribution in [0.25, 0.3) is 0 Å². The molecule has 1 aromatic carbocycles. The van der Waals surface area contributed by atoms with Crippen molar-refractivity contribution in [1.29, 1.82) is 0 Å². The van der Waals surface area contributed by atoms with Gasteiger partial charge in [0.2, 0.25) is 5.91 Å². The Hall–Kier alpha value is -1.39. The third kappa shape index (κ3) is 6.62. The first-order chi connectivity index (χ1) is 13.1. The largest absolute Gasteiger partial charge is 0.352 e. The summed E-state index contributed by atoms with van der Waals surface area (Å²) in [5, 5.41) is 6.55. The number of amides is 1. The van der Waals surface area contributed by atoms with Gasteiger partial charge in [0, 0.05) is 26.1 Å². The van der Waals surface area contributed by atoms with Crippen LogP contribution in [0.5, 0.6) is 0 Å². The standard InChI is InChI=1S/C23H37N3O/c1-18-5-4-12-26(16-18)17-21-9-7-20(8-10-21)14-25-23(27)13-19(2)22-6-3-11-24-15-22/h7-10,18-19,22,24H,3-6,11-17H2,1-2H3,(H,25,27). The summed E-state index contributed by atoms with van der Waals surface area (Å²) < 4.78 is 0. The molecule has 2 aliphatic rings. The predicted octanol–water partition coefficient (Wildman–Crippen LogP) is 3.56. The monoisotopic (exact) mass is 371 g/mol. The summed E-state index contributed by atoms with van der Waals surface area (Å²) in [6, 6.07) is 8.77. The first kappa shape index (κ1) is 20.3. The molecule has 1 aromatic rings. The fourth-order valence-electron chi connectivity index (χ4n) is 4.55. The number of hydrogen-bond acceptors (Lipinski definition) is 3. The van der Waals surface area contributed by atoms with Gasteiger partial charge in [-0.3, -0.25) is 9.69 Å². The molecule has 3 unspecified atom stereocenters. The lowest BCUT2D eigenvalue weighted by Crippen LogP contribution is -2.35. The fourth-order valence-corrected chi connectivity index (χ4v) is 4.55. The molecule has 0 aromatic heterocycles. The van der Waals surface area contributed by atoms with Crippen molar-refractivity contribution < 1.29 is 4.79 Å². The molecule has 2 fully saturated rings. The van der Waals surface area contributed by atoms with E-state index in [-0.39, 0.29) is 5.91 Å². The van der Waals surface area contributed by atoms with Crippen molar-refractivity contribution >= 4 is 5.91 Å². The molecule has 2 heterocycles. The van der Waals surface area contributed by atoms with Gasteiger partial charge in [0.1, 0.15) is 0 Å². The molecule has 2 saturated heterocycles. The Morgan fingerprint density at radius 3 is 2.70 bits per heavy atom. The summed E-state index contributed by atoms with van der Waals surface area (Å²) in [6.45, 7) is 10.9. The van der Waals surface area contributed by atoms with Gasteiger partial charge in [0.05, 0.1) is 0 Å². The van der Waals surface area contributed by atoms with Crippen LogP contribution in [-0.2, 0) is 17.9 Å². The topological polar surface area (TPSA) is 44.4 Å². The Labute approximate surface area is 165 Å². The first-order valence-electron chi connectivity index (χ1n) is 10.9. The molecule has 150 valence electrons. The number of carbonyl (C=O) groups excluding carboxylic acids is 1. The van der Waals surface area contributed by atoms with Crippen LogP contribution >= 0.6 is 0 Å². The van der Waals surface area contributed by atoms with Crippen molar-refractivity contribution in [2.45, 2.75) is 59.0 Å². The highest BCUT2D eigenvalue weighted by Gasteiger charge is 2.22. The Morgan fingerprint density at radius 1 is 1.22 bits per heavy atom. The van der Waals surface area contributed by atoms with Crippen molar-refractivity contribution in [1.82, 2.24) is 15.5 Å². The highest BCUT2D eigenvalue weighted by Crippen LogP contribution is 2.22. The Kier molecular flexibility index (Phi) is 7.71. The quantitative estimate of drug-likeness (QED) is 0.770. The van der Waals surface area contributed by atoms with E-state index in [4.69, 9.17) is 0 Å². The van der Waals surface area contributed by atoms with Crippen LogP contribution in [-0.4, -0.2) is 37.0 Å². The second-order valence-corrected chi connectivity index (χ2v) is 8.86. The van der Waals surface area contributed by atoms with Crippen LogP contribution in [0.2, 0.25) is 0 Å². The van der Waals surface area contributed by atoms with E-state index in [9.17, 15) is 4.79 Å². The average Bonchev–Trinajstić information content (AvgIpc) is 2.68. The van der Waals surface area contributed by atoms with E-state index < -0.39 is 0 Å². The SMILES string of the molecule is CC1CCCN(Cc2ccc(CNC(=O)CC(C)C3CCCNC3)cc2)C1. The molecule has 4 nitrogen and oxygen atoms in total.